The van der Waals surface area contributed by atoms with Crippen LogP contribution in [0.3, 0.4) is 0 Å². The summed E-state index contributed by atoms with van der Waals surface area (Å²) in [6.45, 7) is 4.41. The lowest BCUT2D eigenvalue weighted by Gasteiger charge is -2.21. The van der Waals surface area contributed by atoms with Gasteiger partial charge in [0.05, 0.1) is 18.7 Å². The zero-order chi connectivity index (χ0) is 22.8. The van der Waals surface area contributed by atoms with Crippen molar-refractivity contribution in [2.75, 3.05) is 19.0 Å². The molecule has 6 heteroatoms. The van der Waals surface area contributed by atoms with Crippen LogP contribution in [0.15, 0.2) is 85.5 Å². The number of hydrogen-bond donors (Lipinski definition) is 2. The highest BCUT2D eigenvalue weighted by atomic mass is 16.5. The molecule has 3 rings (SSSR count). The predicted octanol–water partition coefficient (Wildman–Crippen LogP) is 4.60. The van der Waals surface area contributed by atoms with Gasteiger partial charge < -0.3 is 20.1 Å². The minimum absolute atomic E-state index is 0.194. The minimum atomic E-state index is -0.686. The van der Waals surface area contributed by atoms with Crippen molar-refractivity contribution >= 4 is 11.6 Å². The fourth-order valence-electron chi connectivity index (χ4n) is 3.13. The van der Waals surface area contributed by atoms with Crippen LogP contribution in [-0.2, 0) is 11.3 Å². The van der Waals surface area contributed by atoms with E-state index in [9.17, 15) is 4.79 Å². The van der Waals surface area contributed by atoms with Gasteiger partial charge in [-0.15, -0.1) is 0 Å². The van der Waals surface area contributed by atoms with E-state index in [2.05, 4.69) is 23.3 Å². The van der Waals surface area contributed by atoms with Crippen LogP contribution in [0, 0.1) is 11.3 Å². The lowest BCUT2D eigenvalue weighted by Crippen LogP contribution is -2.33. The molecule has 0 radical (unpaired) electrons. The summed E-state index contributed by atoms with van der Waals surface area (Å²) in [7, 11) is 1.55. The highest BCUT2D eigenvalue weighted by Crippen LogP contribution is 2.32. The molecule has 3 aromatic carbocycles. The number of nitrogens with zero attached hydrogens (tertiary/aromatic N) is 1. The number of ether oxygens (including phenoxy) is 2. The van der Waals surface area contributed by atoms with Crippen LogP contribution in [-0.4, -0.2) is 19.6 Å². The second-order valence-electron chi connectivity index (χ2n) is 6.98. The normalized spacial score (nSPS) is 11.0. The second kappa shape index (κ2) is 11.2. The van der Waals surface area contributed by atoms with Gasteiger partial charge in [-0.2, -0.15) is 5.26 Å². The molecule has 3 aromatic rings. The molecular weight excluding hydrogens is 402 g/mol. The molecule has 32 heavy (non-hydrogen) atoms. The molecule has 0 saturated heterocycles. The van der Waals surface area contributed by atoms with Gasteiger partial charge in [-0.1, -0.05) is 49.1 Å². The van der Waals surface area contributed by atoms with Crippen LogP contribution < -0.4 is 20.1 Å². The highest BCUT2D eigenvalue weighted by Gasteiger charge is 2.22. The highest BCUT2D eigenvalue weighted by molar-refractivity contribution is 5.86. The summed E-state index contributed by atoms with van der Waals surface area (Å²) in [5.41, 5.74) is 2.98. The number of anilines is 1. The van der Waals surface area contributed by atoms with E-state index in [4.69, 9.17) is 14.7 Å². The average Bonchev–Trinajstić information content (AvgIpc) is 2.85. The Bertz CT molecular complexity index is 1090. The average molecular weight is 428 g/mol. The van der Waals surface area contributed by atoms with Crippen molar-refractivity contribution in [3.63, 3.8) is 0 Å². The SMILES string of the molecule is C=CCOc1ccc(C(Nc2ccc(C#N)cc2)C(=O)NCc2ccccc2)cc1OC. The summed E-state index contributed by atoms with van der Waals surface area (Å²) < 4.78 is 11.1. The molecule has 1 unspecified atom stereocenters. The Balaban J connectivity index is 1.87. The Labute approximate surface area is 188 Å². The second-order valence-corrected chi connectivity index (χ2v) is 6.98. The molecule has 0 aliphatic heterocycles. The molecular formula is C26H25N3O3. The first-order chi connectivity index (χ1) is 15.6. The van der Waals surface area contributed by atoms with E-state index in [0.29, 0.717) is 35.8 Å². The molecule has 0 aliphatic rings. The van der Waals surface area contributed by atoms with Crippen molar-refractivity contribution < 1.29 is 14.3 Å². The van der Waals surface area contributed by atoms with E-state index in [1.54, 1.807) is 49.6 Å². The molecule has 162 valence electrons. The topological polar surface area (TPSA) is 83.4 Å². The molecule has 6 nitrogen and oxygen atoms in total. The maximum absolute atomic E-state index is 13.2. The summed E-state index contributed by atoms with van der Waals surface area (Å²) >= 11 is 0. The largest absolute Gasteiger partial charge is 0.493 e. The van der Waals surface area contributed by atoms with Gasteiger partial charge in [-0.05, 0) is 47.5 Å². The lowest BCUT2D eigenvalue weighted by molar-refractivity contribution is -0.122. The van der Waals surface area contributed by atoms with Crippen LogP contribution in [0.25, 0.3) is 0 Å². The van der Waals surface area contributed by atoms with Gasteiger partial charge in [-0.3, -0.25) is 4.79 Å². The predicted molar refractivity (Wildman–Crippen MR) is 124 cm³/mol. The van der Waals surface area contributed by atoms with Gasteiger partial charge in [0.25, 0.3) is 0 Å². The molecule has 2 N–H and O–H groups in total. The van der Waals surface area contributed by atoms with Crippen molar-refractivity contribution in [2.45, 2.75) is 12.6 Å². The molecule has 1 amide bonds. The zero-order valence-corrected chi connectivity index (χ0v) is 17.9. The fraction of sp³-hybridized carbons (Fsp3) is 0.154. The molecule has 1 atom stereocenters. The van der Waals surface area contributed by atoms with Crippen molar-refractivity contribution in [2.24, 2.45) is 0 Å². The summed E-state index contributed by atoms with van der Waals surface area (Å²) in [5, 5.41) is 15.3. The summed E-state index contributed by atoms with van der Waals surface area (Å²) in [6.07, 6.45) is 1.65. The monoisotopic (exact) mass is 427 g/mol. The molecule has 0 heterocycles. The third kappa shape index (κ3) is 5.89. The number of amides is 1. The van der Waals surface area contributed by atoms with Gasteiger partial charge in [-0.25, -0.2) is 0 Å². The number of carbonyl (C=O) groups is 1. The van der Waals surface area contributed by atoms with Gasteiger partial charge in [0, 0.05) is 12.2 Å². The van der Waals surface area contributed by atoms with Crippen LogP contribution in [0.4, 0.5) is 5.69 Å². The first-order valence-electron chi connectivity index (χ1n) is 10.1. The Morgan fingerprint density at radius 2 is 1.84 bits per heavy atom. The third-order valence-corrected chi connectivity index (χ3v) is 4.77. The van der Waals surface area contributed by atoms with Gasteiger partial charge in [0.15, 0.2) is 11.5 Å². The van der Waals surface area contributed by atoms with Crippen molar-refractivity contribution in [1.29, 1.82) is 5.26 Å². The number of nitriles is 1. The van der Waals surface area contributed by atoms with Crippen LogP contribution >= 0.6 is 0 Å². The van der Waals surface area contributed by atoms with E-state index in [0.717, 1.165) is 11.3 Å². The molecule has 0 aromatic heterocycles. The van der Waals surface area contributed by atoms with Crippen LogP contribution in [0.2, 0.25) is 0 Å². The van der Waals surface area contributed by atoms with E-state index in [1.807, 2.05) is 36.4 Å². The van der Waals surface area contributed by atoms with E-state index in [-0.39, 0.29) is 5.91 Å². The molecule has 0 spiro atoms. The number of nitrogens with one attached hydrogen (secondary N) is 2. The Morgan fingerprint density at radius 1 is 1.09 bits per heavy atom. The number of methoxy groups -OCH3 is 1. The quantitative estimate of drug-likeness (QED) is 0.462. The van der Waals surface area contributed by atoms with Gasteiger partial charge >= 0.3 is 0 Å². The van der Waals surface area contributed by atoms with Crippen molar-refractivity contribution in [3.8, 4) is 17.6 Å². The summed E-state index contributed by atoms with van der Waals surface area (Å²) in [5.74, 6) is 0.893. The third-order valence-electron chi connectivity index (χ3n) is 4.77. The van der Waals surface area contributed by atoms with E-state index >= 15 is 0 Å². The van der Waals surface area contributed by atoms with Crippen LogP contribution in [0.1, 0.15) is 22.7 Å². The smallest absolute Gasteiger partial charge is 0.247 e. The summed E-state index contributed by atoms with van der Waals surface area (Å²) in [6, 6.07) is 23.4. The van der Waals surface area contributed by atoms with Crippen molar-refractivity contribution in [1.82, 2.24) is 5.32 Å². The van der Waals surface area contributed by atoms with Crippen molar-refractivity contribution in [3.05, 3.63) is 102 Å². The molecule has 0 fully saturated rings. The maximum atomic E-state index is 13.2. The Kier molecular flexibility index (Phi) is 7.88. The standard InChI is InChI=1S/C26H25N3O3/c1-3-15-32-23-14-11-21(16-24(23)31-2)25(29-22-12-9-19(17-27)10-13-22)26(30)28-18-20-7-5-4-6-8-20/h3-14,16,25,29H,1,15,18H2,2H3,(H,28,30). The summed E-state index contributed by atoms with van der Waals surface area (Å²) in [4.78, 5) is 13.2. The maximum Gasteiger partial charge on any atom is 0.247 e. The minimum Gasteiger partial charge on any atom is -0.493 e. The van der Waals surface area contributed by atoms with Gasteiger partial charge in [0.1, 0.15) is 12.6 Å². The van der Waals surface area contributed by atoms with Crippen LogP contribution in [0.5, 0.6) is 11.5 Å². The molecule has 0 bridgehead atoms. The number of benzene rings is 3. The number of carbonyl (C=O) groups excluding carboxylic acids is 1. The van der Waals surface area contributed by atoms with E-state index < -0.39 is 6.04 Å². The Hall–Kier alpha value is -4.24. The number of rotatable bonds is 10. The van der Waals surface area contributed by atoms with Gasteiger partial charge in [0.2, 0.25) is 5.91 Å². The number of hydrogen-bond acceptors (Lipinski definition) is 5. The molecule has 0 saturated carbocycles. The Morgan fingerprint density at radius 3 is 2.50 bits per heavy atom. The first kappa shape index (κ1) is 22.4. The van der Waals surface area contributed by atoms with E-state index in [1.165, 1.54) is 0 Å². The fourth-order valence-corrected chi connectivity index (χ4v) is 3.13. The zero-order valence-electron chi connectivity index (χ0n) is 17.9. The molecule has 0 aliphatic carbocycles. The first-order valence-corrected chi connectivity index (χ1v) is 10.1. The lowest BCUT2D eigenvalue weighted by atomic mass is 10.0.